The van der Waals surface area contributed by atoms with Gasteiger partial charge in [-0.05, 0) is 18.6 Å². The molecule has 106 valence electrons. The maximum absolute atomic E-state index is 13.4. The summed E-state index contributed by atoms with van der Waals surface area (Å²) in [5.41, 5.74) is 6.19. The first kappa shape index (κ1) is 14.1. The number of rotatable bonds is 6. The smallest absolute Gasteiger partial charge is 0.143 e. The molecule has 0 aromatic heterocycles. The number of benzene rings is 1. The van der Waals surface area contributed by atoms with Gasteiger partial charge in [-0.3, -0.25) is 0 Å². The van der Waals surface area contributed by atoms with Gasteiger partial charge in [-0.15, -0.1) is 0 Å². The van der Waals surface area contributed by atoms with Gasteiger partial charge in [0, 0.05) is 19.2 Å². The lowest BCUT2D eigenvalue weighted by Crippen LogP contribution is -2.41. The third-order valence-corrected chi connectivity index (χ3v) is 3.20. The van der Waals surface area contributed by atoms with Crippen LogP contribution in [-0.2, 0) is 4.74 Å². The van der Waals surface area contributed by atoms with Crippen molar-refractivity contribution in [2.75, 3.05) is 37.7 Å². The van der Waals surface area contributed by atoms with E-state index >= 15 is 0 Å². The van der Waals surface area contributed by atoms with Crippen molar-refractivity contribution in [2.45, 2.75) is 19.4 Å². The lowest BCUT2D eigenvalue weighted by molar-refractivity contribution is 0.140. The van der Waals surface area contributed by atoms with E-state index in [1.54, 1.807) is 6.07 Å². The molecular weight excluding hydrogens is 247 g/mol. The van der Waals surface area contributed by atoms with Gasteiger partial charge in [0.25, 0.3) is 0 Å². The fourth-order valence-corrected chi connectivity index (χ4v) is 2.18. The molecule has 0 spiro atoms. The van der Waals surface area contributed by atoms with Crippen molar-refractivity contribution in [3.63, 3.8) is 0 Å². The van der Waals surface area contributed by atoms with Crippen LogP contribution in [-0.4, -0.2) is 39.0 Å². The normalized spacial score (nSPS) is 18.1. The summed E-state index contributed by atoms with van der Waals surface area (Å²) in [7, 11) is 0. The fraction of sp³-hybridized carbons (Fsp3) is 0.571. The highest BCUT2D eigenvalue weighted by Crippen LogP contribution is 2.34. The molecule has 19 heavy (non-hydrogen) atoms. The molecule has 2 rings (SSSR count). The van der Waals surface area contributed by atoms with Crippen molar-refractivity contribution in [1.29, 1.82) is 0 Å². The fourth-order valence-electron chi connectivity index (χ4n) is 2.18. The zero-order valence-corrected chi connectivity index (χ0v) is 11.3. The van der Waals surface area contributed by atoms with E-state index in [9.17, 15) is 4.39 Å². The summed E-state index contributed by atoms with van der Waals surface area (Å²) in [5, 5.41) is 0. The van der Waals surface area contributed by atoms with Crippen LogP contribution in [0.1, 0.15) is 13.3 Å². The lowest BCUT2D eigenvalue weighted by atomic mass is 10.1. The van der Waals surface area contributed by atoms with Crippen molar-refractivity contribution >= 4 is 5.69 Å². The molecule has 0 bridgehead atoms. The Kier molecular flexibility index (Phi) is 4.99. The van der Waals surface area contributed by atoms with E-state index in [1.807, 2.05) is 0 Å². The molecule has 2 N–H and O–H groups in total. The van der Waals surface area contributed by atoms with Gasteiger partial charge < -0.3 is 20.1 Å². The minimum atomic E-state index is -0.245. The molecule has 0 fully saturated rings. The number of ether oxygens (including phenoxy) is 2. The Hall–Kier alpha value is -1.33. The van der Waals surface area contributed by atoms with Gasteiger partial charge in [0.15, 0.2) is 0 Å². The quantitative estimate of drug-likeness (QED) is 0.799. The highest BCUT2D eigenvalue weighted by atomic mass is 19.1. The maximum atomic E-state index is 13.4. The number of anilines is 1. The largest absolute Gasteiger partial charge is 0.486 e. The van der Waals surface area contributed by atoms with Crippen LogP contribution in [0.4, 0.5) is 10.1 Å². The van der Waals surface area contributed by atoms with E-state index in [1.165, 1.54) is 12.1 Å². The summed E-state index contributed by atoms with van der Waals surface area (Å²) < 4.78 is 24.6. The second-order valence-electron chi connectivity index (χ2n) is 4.61. The Balaban J connectivity index is 2.07. The van der Waals surface area contributed by atoms with Gasteiger partial charge in [-0.2, -0.15) is 0 Å². The first-order valence-corrected chi connectivity index (χ1v) is 6.73. The Labute approximate surface area is 113 Å². The van der Waals surface area contributed by atoms with Crippen LogP contribution < -0.4 is 15.4 Å². The SMILES string of the molecule is CCC1CN(CCOCCN)c2cc(F)ccc2O1. The molecule has 1 atom stereocenters. The first-order valence-electron chi connectivity index (χ1n) is 6.73. The molecule has 1 aliphatic rings. The Morgan fingerprint density at radius 2 is 2.32 bits per heavy atom. The monoisotopic (exact) mass is 268 g/mol. The molecule has 0 saturated heterocycles. The molecule has 1 aromatic rings. The van der Waals surface area contributed by atoms with E-state index in [0.29, 0.717) is 19.8 Å². The minimum Gasteiger partial charge on any atom is -0.486 e. The lowest BCUT2D eigenvalue weighted by Gasteiger charge is -2.36. The van der Waals surface area contributed by atoms with Gasteiger partial charge in [-0.25, -0.2) is 4.39 Å². The highest BCUT2D eigenvalue weighted by Gasteiger charge is 2.24. The summed E-state index contributed by atoms with van der Waals surface area (Å²) in [5.74, 6) is 0.503. The molecule has 4 nitrogen and oxygen atoms in total. The highest BCUT2D eigenvalue weighted by molar-refractivity contribution is 5.60. The molecule has 5 heteroatoms. The molecular formula is C14H21FN2O2. The Morgan fingerprint density at radius 3 is 3.05 bits per heavy atom. The zero-order valence-electron chi connectivity index (χ0n) is 11.3. The van der Waals surface area contributed by atoms with Gasteiger partial charge in [-0.1, -0.05) is 6.92 Å². The topological polar surface area (TPSA) is 47.7 Å². The van der Waals surface area contributed by atoms with Gasteiger partial charge >= 0.3 is 0 Å². The molecule has 0 aliphatic carbocycles. The molecule has 1 aromatic carbocycles. The first-order chi connectivity index (χ1) is 9.24. The van der Waals surface area contributed by atoms with E-state index in [0.717, 1.165) is 30.9 Å². The van der Waals surface area contributed by atoms with Gasteiger partial charge in [0.1, 0.15) is 17.7 Å². The van der Waals surface area contributed by atoms with Crippen LogP contribution in [0, 0.1) is 5.82 Å². The molecule has 0 radical (unpaired) electrons. The second-order valence-corrected chi connectivity index (χ2v) is 4.61. The van der Waals surface area contributed by atoms with Gasteiger partial charge in [0.2, 0.25) is 0 Å². The van der Waals surface area contributed by atoms with Crippen molar-refractivity contribution < 1.29 is 13.9 Å². The average Bonchev–Trinajstić information content (AvgIpc) is 2.43. The summed E-state index contributed by atoms with van der Waals surface area (Å²) >= 11 is 0. The Morgan fingerprint density at radius 1 is 1.47 bits per heavy atom. The number of halogens is 1. The predicted molar refractivity (Wildman–Crippen MR) is 73.2 cm³/mol. The average molecular weight is 268 g/mol. The Bertz CT molecular complexity index is 414. The summed E-state index contributed by atoms with van der Waals surface area (Å²) in [4.78, 5) is 2.12. The number of hydrogen-bond acceptors (Lipinski definition) is 4. The van der Waals surface area contributed by atoms with Crippen LogP contribution in [0.25, 0.3) is 0 Å². The molecule has 0 saturated carbocycles. The third-order valence-electron chi connectivity index (χ3n) is 3.20. The van der Waals surface area contributed by atoms with E-state index in [2.05, 4.69) is 11.8 Å². The zero-order chi connectivity index (χ0) is 13.7. The standard InChI is InChI=1S/C14H21FN2O2/c1-2-12-10-17(6-8-18-7-5-16)13-9-11(15)3-4-14(13)19-12/h3-4,9,12H,2,5-8,10,16H2,1H3. The van der Waals surface area contributed by atoms with Crippen LogP contribution >= 0.6 is 0 Å². The van der Waals surface area contributed by atoms with Crippen molar-refractivity contribution in [3.05, 3.63) is 24.0 Å². The number of fused-ring (bicyclic) bond motifs is 1. The van der Waals surface area contributed by atoms with Crippen molar-refractivity contribution in [1.82, 2.24) is 0 Å². The van der Waals surface area contributed by atoms with Crippen LogP contribution in [0.3, 0.4) is 0 Å². The number of hydrogen-bond donors (Lipinski definition) is 1. The summed E-state index contributed by atoms with van der Waals surface area (Å²) in [6.07, 6.45) is 1.07. The molecule has 0 amide bonds. The predicted octanol–water partition coefficient (Wildman–Crippen LogP) is 1.78. The maximum Gasteiger partial charge on any atom is 0.143 e. The summed E-state index contributed by atoms with van der Waals surface area (Å²) in [6.45, 7) is 5.23. The second kappa shape index (κ2) is 6.73. The number of nitrogens with zero attached hydrogens (tertiary/aromatic N) is 1. The van der Waals surface area contributed by atoms with E-state index in [4.69, 9.17) is 15.2 Å². The van der Waals surface area contributed by atoms with Crippen molar-refractivity contribution in [3.8, 4) is 5.75 Å². The van der Waals surface area contributed by atoms with Crippen LogP contribution in [0.5, 0.6) is 5.75 Å². The van der Waals surface area contributed by atoms with Crippen LogP contribution in [0.2, 0.25) is 0 Å². The van der Waals surface area contributed by atoms with E-state index < -0.39 is 0 Å². The molecule has 1 aliphatic heterocycles. The van der Waals surface area contributed by atoms with Gasteiger partial charge in [0.05, 0.1) is 25.4 Å². The van der Waals surface area contributed by atoms with Crippen LogP contribution in [0.15, 0.2) is 18.2 Å². The van der Waals surface area contributed by atoms with E-state index in [-0.39, 0.29) is 11.9 Å². The molecule has 1 unspecified atom stereocenters. The molecule has 1 heterocycles. The third kappa shape index (κ3) is 3.58. The van der Waals surface area contributed by atoms with Crippen molar-refractivity contribution in [2.24, 2.45) is 5.73 Å². The minimum absolute atomic E-state index is 0.146. The number of nitrogens with two attached hydrogens (primary N) is 1. The summed E-state index contributed by atoms with van der Waals surface area (Å²) in [6, 6.07) is 4.64.